The van der Waals surface area contributed by atoms with E-state index in [4.69, 9.17) is 0 Å². The lowest BCUT2D eigenvalue weighted by Crippen LogP contribution is -2.15. The van der Waals surface area contributed by atoms with E-state index in [2.05, 4.69) is 14.5 Å². The summed E-state index contributed by atoms with van der Waals surface area (Å²) in [6.07, 6.45) is 1.08. The lowest BCUT2D eigenvalue weighted by molar-refractivity contribution is 0.0549. The number of pyridine rings is 1. The van der Waals surface area contributed by atoms with E-state index in [-0.39, 0.29) is 11.3 Å². The maximum absolute atomic E-state index is 13.6. The number of hydrogen-bond acceptors (Lipinski definition) is 5. The van der Waals surface area contributed by atoms with Crippen LogP contribution in [0.25, 0.3) is 0 Å². The van der Waals surface area contributed by atoms with Crippen LogP contribution < -0.4 is 0 Å². The fraction of sp³-hybridized carbons (Fsp3) is 0.300. The maximum Gasteiger partial charge on any atom is 0.341 e. The molecule has 0 aromatic carbocycles. The topological polar surface area (TPSA) is 65.5 Å². The van der Waals surface area contributed by atoms with Crippen LogP contribution in [0.4, 0.5) is 4.39 Å². The largest absolute Gasteiger partial charge is 0.465 e. The molecule has 0 spiro atoms. The van der Waals surface area contributed by atoms with Gasteiger partial charge in [-0.1, -0.05) is 0 Å². The SMILES string of the molecule is COC(=O)c1cnc(C)c(F)c1C(=O)OC. The molecule has 5 nitrogen and oxygen atoms in total. The van der Waals surface area contributed by atoms with Crippen molar-refractivity contribution in [3.8, 4) is 0 Å². The average Bonchev–Trinajstić information content (AvgIpc) is 2.30. The minimum atomic E-state index is -0.941. The zero-order chi connectivity index (χ0) is 12.3. The Balaban J connectivity index is 3.44. The fourth-order valence-corrected chi connectivity index (χ4v) is 1.15. The van der Waals surface area contributed by atoms with Crippen LogP contribution in [0, 0.1) is 12.7 Å². The first-order chi connectivity index (χ1) is 7.52. The number of rotatable bonds is 2. The Hall–Kier alpha value is -1.98. The third kappa shape index (κ3) is 2.00. The van der Waals surface area contributed by atoms with E-state index in [1.165, 1.54) is 6.92 Å². The van der Waals surface area contributed by atoms with Crippen molar-refractivity contribution in [2.45, 2.75) is 6.92 Å². The highest BCUT2D eigenvalue weighted by Gasteiger charge is 2.24. The van der Waals surface area contributed by atoms with Crippen molar-refractivity contribution in [1.82, 2.24) is 4.98 Å². The standard InChI is InChI=1S/C10H10FNO4/c1-5-8(11)7(10(14)16-3)6(4-12-5)9(13)15-2/h4H,1-3H3. The summed E-state index contributed by atoms with van der Waals surface area (Å²) in [5.74, 6) is -2.66. The summed E-state index contributed by atoms with van der Waals surface area (Å²) in [5.41, 5.74) is -0.702. The molecule has 0 saturated carbocycles. The van der Waals surface area contributed by atoms with E-state index in [0.29, 0.717) is 0 Å². The molecule has 1 aromatic rings. The molecule has 0 radical (unpaired) electrons. The Bertz CT molecular complexity index is 445. The van der Waals surface area contributed by atoms with E-state index in [0.717, 1.165) is 20.4 Å². The molecular weight excluding hydrogens is 217 g/mol. The number of hydrogen-bond donors (Lipinski definition) is 0. The zero-order valence-corrected chi connectivity index (χ0v) is 9.04. The van der Waals surface area contributed by atoms with Gasteiger partial charge in [-0.3, -0.25) is 4.98 Å². The number of methoxy groups -OCH3 is 2. The summed E-state index contributed by atoms with van der Waals surface area (Å²) in [4.78, 5) is 26.3. The van der Waals surface area contributed by atoms with Crippen molar-refractivity contribution in [1.29, 1.82) is 0 Å². The number of carbonyl (C=O) groups excluding carboxylic acids is 2. The second kappa shape index (κ2) is 4.69. The molecule has 0 bridgehead atoms. The minimum Gasteiger partial charge on any atom is -0.465 e. The highest BCUT2D eigenvalue weighted by atomic mass is 19.1. The molecule has 0 atom stereocenters. The zero-order valence-electron chi connectivity index (χ0n) is 9.04. The maximum atomic E-state index is 13.6. The lowest BCUT2D eigenvalue weighted by atomic mass is 10.1. The van der Waals surface area contributed by atoms with E-state index in [1.54, 1.807) is 0 Å². The summed E-state index contributed by atoms with van der Waals surface area (Å²) < 4.78 is 22.4. The van der Waals surface area contributed by atoms with Crippen LogP contribution in [-0.4, -0.2) is 31.1 Å². The second-order valence-electron chi connectivity index (χ2n) is 2.93. The van der Waals surface area contributed by atoms with E-state index < -0.39 is 23.3 Å². The first-order valence-electron chi connectivity index (χ1n) is 4.34. The minimum absolute atomic E-state index is 0.00746. The Kier molecular flexibility index (Phi) is 3.55. The van der Waals surface area contributed by atoms with Crippen molar-refractivity contribution in [2.75, 3.05) is 14.2 Å². The number of ether oxygens (including phenoxy) is 2. The van der Waals surface area contributed by atoms with Crippen molar-refractivity contribution in [3.05, 3.63) is 28.8 Å². The number of halogens is 1. The van der Waals surface area contributed by atoms with Gasteiger partial charge in [-0.15, -0.1) is 0 Å². The average molecular weight is 227 g/mol. The van der Waals surface area contributed by atoms with Gasteiger partial charge in [0.15, 0.2) is 5.82 Å². The van der Waals surface area contributed by atoms with Gasteiger partial charge in [0, 0.05) is 6.20 Å². The van der Waals surface area contributed by atoms with Gasteiger partial charge >= 0.3 is 11.9 Å². The molecular formula is C10H10FNO4. The van der Waals surface area contributed by atoms with Gasteiger partial charge in [-0.25, -0.2) is 14.0 Å². The van der Waals surface area contributed by atoms with Crippen LogP contribution in [0.2, 0.25) is 0 Å². The molecule has 0 aliphatic heterocycles. The quantitative estimate of drug-likeness (QED) is 0.708. The molecule has 86 valence electrons. The van der Waals surface area contributed by atoms with Crippen LogP contribution in [0.5, 0.6) is 0 Å². The monoisotopic (exact) mass is 227 g/mol. The predicted octanol–water partition coefficient (Wildman–Crippen LogP) is 1.10. The van der Waals surface area contributed by atoms with Gasteiger partial charge in [-0.2, -0.15) is 0 Å². The molecule has 0 aliphatic rings. The molecule has 0 unspecified atom stereocenters. The third-order valence-corrected chi connectivity index (χ3v) is 1.99. The van der Waals surface area contributed by atoms with Crippen molar-refractivity contribution in [3.63, 3.8) is 0 Å². The molecule has 0 aliphatic carbocycles. The molecule has 0 fully saturated rings. The number of nitrogens with zero attached hydrogens (tertiary/aromatic N) is 1. The van der Waals surface area contributed by atoms with Crippen molar-refractivity contribution >= 4 is 11.9 Å². The van der Waals surface area contributed by atoms with E-state index in [1.807, 2.05) is 0 Å². The molecule has 16 heavy (non-hydrogen) atoms. The molecule has 1 aromatic heterocycles. The molecule has 1 rings (SSSR count). The van der Waals surface area contributed by atoms with Crippen LogP contribution >= 0.6 is 0 Å². The fourth-order valence-electron chi connectivity index (χ4n) is 1.15. The molecule has 1 heterocycles. The Morgan fingerprint density at radius 1 is 1.25 bits per heavy atom. The number of aryl methyl sites for hydroxylation is 1. The van der Waals surface area contributed by atoms with E-state index in [9.17, 15) is 14.0 Å². The van der Waals surface area contributed by atoms with Gasteiger partial charge in [0.1, 0.15) is 5.56 Å². The van der Waals surface area contributed by atoms with E-state index >= 15 is 0 Å². The highest BCUT2D eigenvalue weighted by Crippen LogP contribution is 2.17. The summed E-state index contributed by atoms with van der Waals surface area (Å²) >= 11 is 0. The Morgan fingerprint density at radius 2 is 1.81 bits per heavy atom. The van der Waals surface area contributed by atoms with Gasteiger partial charge < -0.3 is 9.47 Å². The van der Waals surface area contributed by atoms with Gasteiger partial charge in [-0.05, 0) is 6.92 Å². The lowest BCUT2D eigenvalue weighted by Gasteiger charge is -2.08. The molecule has 6 heteroatoms. The molecule has 0 saturated heterocycles. The molecule has 0 N–H and O–H groups in total. The Labute approximate surface area is 91.2 Å². The number of carbonyl (C=O) groups is 2. The van der Waals surface area contributed by atoms with Crippen molar-refractivity contribution in [2.24, 2.45) is 0 Å². The predicted molar refractivity (Wildman–Crippen MR) is 51.6 cm³/mol. The normalized spacial score (nSPS) is 9.75. The smallest absolute Gasteiger partial charge is 0.341 e. The Morgan fingerprint density at radius 3 is 2.31 bits per heavy atom. The van der Waals surface area contributed by atoms with Gasteiger partial charge in [0.25, 0.3) is 0 Å². The summed E-state index contributed by atoms with van der Waals surface area (Å²) in [6.45, 7) is 1.38. The third-order valence-electron chi connectivity index (χ3n) is 1.99. The highest BCUT2D eigenvalue weighted by molar-refractivity contribution is 6.03. The van der Waals surface area contributed by atoms with Gasteiger partial charge in [0.05, 0.1) is 25.5 Å². The summed E-state index contributed by atoms with van der Waals surface area (Å²) in [6, 6.07) is 0. The second-order valence-corrected chi connectivity index (χ2v) is 2.93. The molecule has 0 amide bonds. The first-order valence-corrected chi connectivity index (χ1v) is 4.34. The number of aromatic nitrogens is 1. The first kappa shape index (κ1) is 12.1. The van der Waals surface area contributed by atoms with Crippen LogP contribution in [0.1, 0.15) is 26.4 Å². The van der Waals surface area contributed by atoms with Gasteiger partial charge in [0.2, 0.25) is 0 Å². The van der Waals surface area contributed by atoms with Crippen LogP contribution in [0.3, 0.4) is 0 Å². The van der Waals surface area contributed by atoms with Crippen LogP contribution in [-0.2, 0) is 9.47 Å². The van der Waals surface area contributed by atoms with Crippen LogP contribution in [0.15, 0.2) is 6.20 Å². The summed E-state index contributed by atoms with van der Waals surface area (Å²) in [5, 5.41) is 0. The number of esters is 2. The van der Waals surface area contributed by atoms with Crippen molar-refractivity contribution < 1.29 is 23.5 Å². The summed E-state index contributed by atoms with van der Waals surface area (Å²) in [7, 11) is 2.22.